The van der Waals surface area contributed by atoms with Gasteiger partial charge in [0.1, 0.15) is 5.82 Å². The molecule has 1 aromatic heterocycles. The third-order valence-corrected chi connectivity index (χ3v) is 3.27. The molecule has 0 saturated heterocycles. The van der Waals surface area contributed by atoms with E-state index in [0.29, 0.717) is 11.4 Å². The van der Waals surface area contributed by atoms with Crippen LogP contribution in [0.3, 0.4) is 0 Å². The number of pyridine rings is 1. The zero-order valence-electron chi connectivity index (χ0n) is 10.7. The Morgan fingerprint density at radius 3 is 3.00 bits per heavy atom. The lowest BCUT2D eigenvalue weighted by molar-refractivity contribution is 0.0600. The smallest absolute Gasteiger partial charge is 0.338 e. The van der Waals surface area contributed by atoms with E-state index >= 15 is 0 Å². The molecule has 1 N–H and O–H groups in total. The molecule has 2 unspecified atom stereocenters. The van der Waals surface area contributed by atoms with Crippen LogP contribution < -0.4 is 5.32 Å². The van der Waals surface area contributed by atoms with Crippen LogP contribution in [0.15, 0.2) is 18.3 Å². The number of rotatable bonds is 4. The Bertz CT molecular complexity index is 422. The molecule has 1 aliphatic carbocycles. The van der Waals surface area contributed by atoms with Gasteiger partial charge in [-0.1, -0.05) is 0 Å². The highest BCUT2D eigenvalue weighted by Gasteiger charge is 2.27. The van der Waals surface area contributed by atoms with Crippen molar-refractivity contribution in [1.82, 2.24) is 4.98 Å². The number of esters is 1. The van der Waals surface area contributed by atoms with Gasteiger partial charge in [0, 0.05) is 13.3 Å². The number of hydrogen-bond donors (Lipinski definition) is 1. The minimum absolute atomic E-state index is 0.216. The first-order chi connectivity index (χ1) is 8.74. The summed E-state index contributed by atoms with van der Waals surface area (Å²) in [6, 6.07) is 3.60. The predicted molar refractivity (Wildman–Crippen MR) is 67.6 cm³/mol. The topological polar surface area (TPSA) is 60.5 Å². The molecule has 1 heterocycles. The summed E-state index contributed by atoms with van der Waals surface area (Å²) in [4.78, 5) is 15.6. The Kier molecular flexibility index (Phi) is 4.15. The summed E-state index contributed by atoms with van der Waals surface area (Å²) >= 11 is 0. The molecule has 1 aliphatic rings. The van der Waals surface area contributed by atoms with Crippen LogP contribution in [0.25, 0.3) is 0 Å². The summed E-state index contributed by atoms with van der Waals surface area (Å²) in [6.45, 7) is 0. The molecule has 1 saturated carbocycles. The van der Waals surface area contributed by atoms with Gasteiger partial charge in [0.15, 0.2) is 0 Å². The van der Waals surface area contributed by atoms with Crippen molar-refractivity contribution in [1.29, 1.82) is 0 Å². The molecule has 0 bridgehead atoms. The van der Waals surface area contributed by atoms with Gasteiger partial charge in [-0.2, -0.15) is 0 Å². The van der Waals surface area contributed by atoms with Crippen LogP contribution in [-0.4, -0.2) is 37.3 Å². The fourth-order valence-corrected chi connectivity index (χ4v) is 2.32. The summed E-state index contributed by atoms with van der Waals surface area (Å²) < 4.78 is 10.1. The molecule has 5 nitrogen and oxygen atoms in total. The van der Waals surface area contributed by atoms with E-state index in [4.69, 9.17) is 4.74 Å². The molecule has 0 radical (unpaired) electrons. The van der Waals surface area contributed by atoms with Gasteiger partial charge in [-0.3, -0.25) is 0 Å². The second kappa shape index (κ2) is 5.82. The molecule has 2 rings (SSSR count). The van der Waals surface area contributed by atoms with Crippen molar-refractivity contribution >= 4 is 11.8 Å². The molecule has 1 aromatic rings. The van der Waals surface area contributed by atoms with Gasteiger partial charge < -0.3 is 14.8 Å². The van der Waals surface area contributed by atoms with Crippen LogP contribution in [0.5, 0.6) is 0 Å². The Balaban J connectivity index is 2.07. The fraction of sp³-hybridized carbons (Fsp3) is 0.538. The molecular weight excluding hydrogens is 232 g/mol. The van der Waals surface area contributed by atoms with Gasteiger partial charge in [0.25, 0.3) is 0 Å². The van der Waals surface area contributed by atoms with Crippen molar-refractivity contribution in [2.45, 2.75) is 31.4 Å². The lowest BCUT2D eigenvalue weighted by Gasteiger charge is -2.20. The quantitative estimate of drug-likeness (QED) is 0.826. The minimum Gasteiger partial charge on any atom is -0.465 e. The van der Waals surface area contributed by atoms with E-state index in [0.717, 1.165) is 19.3 Å². The van der Waals surface area contributed by atoms with Gasteiger partial charge in [-0.05, 0) is 31.4 Å². The van der Waals surface area contributed by atoms with E-state index in [1.807, 2.05) is 0 Å². The summed E-state index contributed by atoms with van der Waals surface area (Å²) in [5.74, 6) is 0.335. The van der Waals surface area contributed by atoms with Crippen molar-refractivity contribution in [3.8, 4) is 0 Å². The number of methoxy groups -OCH3 is 2. The van der Waals surface area contributed by atoms with Crippen molar-refractivity contribution < 1.29 is 14.3 Å². The standard InChI is InChI=1S/C13H18N2O3/c1-17-11-5-3-4-10(11)15-12-8-9(6-7-14-12)13(16)18-2/h6-8,10-11H,3-5H2,1-2H3,(H,14,15). The Labute approximate surface area is 107 Å². The first-order valence-electron chi connectivity index (χ1n) is 6.08. The van der Waals surface area contributed by atoms with E-state index < -0.39 is 0 Å². The normalized spacial score (nSPS) is 22.8. The molecule has 18 heavy (non-hydrogen) atoms. The Hall–Kier alpha value is -1.62. The first-order valence-corrected chi connectivity index (χ1v) is 6.08. The van der Waals surface area contributed by atoms with E-state index in [-0.39, 0.29) is 18.1 Å². The molecule has 2 atom stereocenters. The third-order valence-electron chi connectivity index (χ3n) is 3.27. The summed E-state index contributed by atoms with van der Waals surface area (Å²) in [5, 5.41) is 3.32. The van der Waals surface area contributed by atoms with Crippen LogP contribution in [0.1, 0.15) is 29.6 Å². The monoisotopic (exact) mass is 250 g/mol. The number of nitrogens with zero attached hydrogens (tertiary/aromatic N) is 1. The maximum atomic E-state index is 11.4. The predicted octanol–water partition coefficient (Wildman–Crippen LogP) is 1.85. The summed E-state index contributed by atoms with van der Waals surface area (Å²) in [6.07, 6.45) is 5.08. The average Bonchev–Trinajstić information content (AvgIpc) is 2.85. The van der Waals surface area contributed by atoms with Crippen molar-refractivity contribution in [3.05, 3.63) is 23.9 Å². The molecule has 0 aromatic carbocycles. The molecule has 0 amide bonds. The van der Waals surface area contributed by atoms with Crippen LogP contribution >= 0.6 is 0 Å². The Morgan fingerprint density at radius 1 is 1.44 bits per heavy atom. The highest BCUT2D eigenvalue weighted by Crippen LogP contribution is 2.24. The molecular formula is C13H18N2O3. The fourth-order valence-electron chi connectivity index (χ4n) is 2.32. The number of anilines is 1. The second-order valence-electron chi connectivity index (χ2n) is 4.38. The van der Waals surface area contributed by atoms with Gasteiger partial charge in [0.2, 0.25) is 0 Å². The molecule has 0 aliphatic heterocycles. The summed E-state index contributed by atoms with van der Waals surface area (Å²) in [5.41, 5.74) is 0.502. The van der Waals surface area contributed by atoms with Crippen LogP contribution in [0.4, 0.5) is 5.82 Å². The maximum absolute atomic E-state index is 11.4. The first kappa shape index (κ1) is 12.8. The zero-order valence-corrected chi connectivity index (χ0v) is 10.7. The molecule has 5 heteroatoms. The maximum Gasteiger partial charge on any atom is 0.338 e. The van der Waals surface area contributed by atoms with E-state index in [1.54, 1.807) is 25.4 Å². The van der Waals surface area contributed by atoms with Gasteiger partial charge >= 0.3 is 5.97 Å². The van der Waals surface area contributed by atoms with E-state index in [2.05, 4.69) is 15.0 Å². The number of carbonyl (C=O) groups excluding carboxylic acids is 1. The highest BCUT2D eigenvalue weighted by atomic mass is 16.5. The zero-order chi connectivity index (χ0) is 13.0. The summed E-state index contributed by atoms with van der Waals surface area (Å²) in [7, 11) is 3.09. The largest absolute Gasteiger partial charge is 0.465 e. The third kappa shape index (κ3) is 2.79. The highest BCUT2D eigenvalue weighted by molar-refractivity contribution is 5.89. The number of nitrogens with one attached hydrogen (secondary N) is 1. The van der Waals surface area contributed by atoms with E-state index in [1.165, 1.54) is 7.11 Å². The Morgan fingerprint density at radius 2 is 2.28 bits per heavy atom. The number of ether oxygens (including phenoxy) is 2. The molecule has 1 fully saturated rings. The van der Waals surface area contributed by atoms with E-state index in [9.17, 15) is 4.79 Å². The van der Waals surface area contributed by atoms with Crippen LogP contribution in [0, 0.1) is 0 Å². The van der Waals surface area contributed by atoms with Crippen LogP contribution in [-0.2, 0) is 9.47 Å². The van der Waals surface area contributed by atoms with Gasteiger partial charge in [-0.25, -0.2) is 9.78 Å². The van der Waals surface area contributed by atoms with Crippen molar-refractivity contribution in [3.63, 3.8) is 0 Å². The number of aromatic nitrogens is 1. The van der Waals surface area contributed by atoms with Crippen molar-refractivity contribution in [2.75, 3.05) is 19.5 Å². The lowest BCUT2D eigenvalue weighted by Crippen LogP contribution is -2.30. The number of hydrogen-bond acceptors (Lipinski definition) is 5. The SMILES string of the molecule is COC(=O)c1ccnc(NC2CCCC2OC)c1. The minimum atomic E-state index is -0.352. The number of carbonyl (C=O) groups is 1. The van der Waals surface area contributed by atoms with Crippen LogP contribution in [0.2, 0.25) is 0 Å². The van der Waals surface area contributed by atoms with Gasteiger partial charge in [0.05, 0.1) is 24.8 Å². The lowest BCUT2D eigenvalue weighted by atomic mass is 10.2. The van der Waals surface area contributed by atoms with Gasteiger partial charge in [-0.15, -0.1) is 0 Å². The van der Waals surface area contributed by atoms with Crippen molar-refractivity contribution in [2.24, 2.45) is 0 Å². The average molecular weight is 250 g/mol. The molecule has 98 valence electrons. The second-order valence-corrected chi connectivity index (χ2v) is 4.38. The molecule has 0 spiro atoms.